The number of ether oxygens (including phenoxy) is 1. The maximum atomic E-state index is 11.9. The third kappa shape index (κ3) is 4.28. The maximum absolute atomic E-state index is 11.9. The van der Waals surface area contributed by atoms with Crippen LogP contribution in [-0.4, -0.2) is 51.6 Å². The van der Waals surface area contributed by atoms with Gasteiger partial charge in [-0.2, -0.15) is 4.68 Å². The van der Waals surface area contributed by atoms with E-state index >= 15 is 0 Å². The summed E-state index contributed by atoms with van der Waals surface area (Å²) in [4.78, 5) is 11.9. The van der Waals surface area contributed by atoms with Gasteiger partial charge in [-0.3, -0.25) is 4.79 Å². The zero-order valence-electron chi connectivity index (χ0n) is 12.8. The van der Waals surface area contributed by atoms with Gasteiger partial charge in [0.05, 0.1) is 18.0 Å². The van der Waals surface area contributed by atoms with Crippen LogP contribution in [0, 0.1) is 6.92 Å². The zero-order valence-corrected chi connectivity index (χ0v) is 13.6. The first-order valence-electron chi connectivity index (χ1n) is 6.87. The third-order valence-corrected chi connectivity index (χ3v) is 3.86. The molecule has 0 fully saturated rings. The van der Waals surface area contributed by atoms with Crippen molar-refractivity contribution in [3.05, 3.63) is 29.8 Å². The van der Waals surface area contributed by atoms with Gasteiger partial charge in [-0.15, -0.1) is 5.10 Å². The van der Waals surface area contributed by atoms with Gasteiger partial charge in [0.2, 0.25) is 11.1 Å². The lowest BCUT2D eigenvalue weighted by molar-refractivity contribution is -0.119. The van der Waals surface area contributed by atoms with E-state index < -0.39 is 0 Å². The highest BCUT2D eigenvalue weighted by molar-refractivity contribution is 7.99. The highest BCUT2D eigenvalue weighted by atomic mass is 32.2. The van der Waals surface area contributed by atoms with Crippen LogP contribution in [0.15, 0.2) is 29.4 Å². The Morgan fingerprint density at radius 2 is 2.23 bits per heavy atom. The minimum absolute atomic E-state index is 0.0227. The summed E-state index contributed by atoms with van der Waals surface area (Å²) in [5.41, 5.74) is 1.97. The average Bonchev–Trinajstić information content (AvgIpc) is 2.94. The van der Waals surface area contributed by atoms with E-state index in [9.17, 15) is 4.79 Å². The second-order valence-electron chi connectivity index (χ2n) is 4.87. The molecule has 8 heteroatoms. The summed E-state index contributed by atoms with van der Waals surface area (Å²) in [6.45, 7) is 4.37. The van der Waals surface area contributed by atoms with Crippen LogP contribution in [0.3, 0.4) is 0 Å². The molecular formula is C14H19N5O2S. The molecule has 1 N–H and O–H groups in total. The van der Waals surface area contributed by atoms with Gasteiger partial charge >= 0.3 is 0 Å². The van der Waals surface area contributed by atoms with Gasteiger partial charge in [-0.25, -0.2) is 0 Å². The van der Waals surface area contributed by atoms with Crippen molar-refractivity contribution in [2.24, 2.45) is 0 Å². The fourth-order valence-electron chi connectivity index (χ4n) is 1.96. The summed E-state index contributed by atoms with van der Waals surface area (Å²) in [5, 5.41) is 15.1. The fourth-order valence-corrected chi connectivity index (χ4v) is 2.65. The number of carbonyl (C=O) groups excluding carboxylic acids is 1. The largest absolute Gasteiger partial charge is 0.383 e. The molecule has 1 amide bonds. The lowest BCUT2D eigenvalue weighted by Crippen LogP contribution is -2.36. The Morgan fingerprint density at radius 1 is 1.45 bits per heavy atom. The molecule has 118 valence electrons. The van der Waals surface area contributed by atoms with Crippen LogP contribution in [0.25, 0.3) is 5.69 Å². The van der Waals surface area contributed by atoms with Gasteiger partial charge in [-0.1, -0.05) is 30.0 Å². The van der Waals surface area contributed by atoms with E-state index in [1.54, 1.807) is 11.8 Å². The van der Waals surface area contributed by atoms with E-state index in [-0.39, 0.29) is 17.7 Å². The maximum Gasteiger partial charge on any atom is 0.230 e. The summed E-state index contributed by atoms with van der Waals surface area (Å²) in [6, 6.07) is 7.80. The first kappa shape index (κ1) is 16.4. The third-order valence-electron chi connectivity index (χ3n) is 2.94. The summed E-state index contributed by atoms with van der Waals surface area (Å²) in [6.07, 6.45) is 0. The second-order valence-corrected chi connectivity index (χ2v) is 5.81. The Morgan fingerprint density at radius 3 is 2.95 bits per heavy atom. The van der Waals surface area contributed by atoms with Crippen LogP contribution in [0.1, 0.15) is 12.5 Å². The second kappa shape index (κ2) is 7.90. The highest BCUT2D eigenvalue weighted by Crippen LogP contribution is 2.20. The number of thioether (sulfide) groups is 1. The van der Waals surface area contributed by atoms with Crippen LogP contribution in [0.4, 0.5) is 0 Å². The van der Waals surface area contributed by atoms with Gasteiger partial charge < -0.3 is 10.1 Å². The Balaban J connectivity index is 1.99. The molecule has 0 aliphatic carbocycles. The molecule has 1 unspecified atom stereocenters. The molecule has 0 radical (unpaired) electrons. The number of para-hydroxylation sites is 1. The van der Waals surface area contributed by atoms with Gasteiger partial charge in [0.15, 0.2) is 0 Å². The van der Waals surface area contributed by atoms with Gasteiger partial charge in [0.1, 0.15) is 0 Å². The molecule has 1 aromatic heterocycles. The number of rotatable bonds is 7. The smallest absolute Gasteiger partial charge is 0.230 e. The molecule has 2 aromatic rings. The van der Waals surface area contributed by atoms with Crippen LogP contribution in [-0.2, 0) is 9.53 Å². The summed E-state index contributed by atoms with van der Waals surface area (Å²) in [7, 11) is 1.60. The lowest BCUT2D eigenvalue weighted by atomic mass is 10.2. The average molecular weight is 321 g/mol. The lowest BCUT2D eigenvalue weighted by Gasteiger charge is -2.12. The van der Waals surface area contributed by atoms with Crippen LogP contribution < -0.4 is 5.32 Å². The number of benzene rings is 1. The van der Waals surface area contributed by atoms with Crippen molar-refractivity contribution in [2.75, 3.05) is 19.5 Å². The zero-order chi connectivity index (χ0) is 15.9. The molecule has 1 atom stereocenters. The van der Waals surface area contributed by atoms with Gasteiger partial charge in [0.25, 0.3) is 0 Å². The number of amides is 1. The Bertz CT molecular complexity index is 631. The quantitative estimate of drug-likeness (QED) is 0.772. The molecule has 0 saturated carbocycles. The van der Waals surface area contributed by atoms with Crippen LogP contribution in [0.2, 0.25) is 0 Å². The monoisotopic (exact) mass is 321 g/mol. The predicted molar refractivity (Wildman–Crippen MR) is 84.1 cm³/mol. The Hall–Kier alpha value is -1.93. The topological polar surface area (TPSA) is 81.9 Å². The van der Waals surface area contributed by atoms with Crippen molar-refractivity contribution >= 4 is 17.7 Å². The molecule has 2 rings (SSSR count). The van der Waals surface area contributed by atoms with E-state index in [1.165, 1.54) is 11.8 Å². The number of tetrazole rings is 1. The number of aromatic nitrogens is 4. The molecule has 1 heterocycles. The van der Waals surface area contributed by atoms with E-state index in [0.29, 0.717) is 11.8 Å². The molecule has 0 bridgehead atoms. The number of nitrogens with one attached hydrogen (secondary N) is 1. The Kier molecular flexibility index (Phi) is 5.91. The molecule has 0 spiro atoms. The van der Waals surface area contributed by atoms with E-state index in [2.05, 4.69) is 20.8 Å². The van der Waals surface area contributed by atoms with Crippen molar-refractivity contribution in [2.45, 2.75) is 25.0 Å². The number of methoxy groups -OCH3 is 1. The summed E-state index contributed by atoms with van der Waals surface area (Å²) >= 11 is 1.30. The SMILES string of the molecule is COCC(C)NC(=O)CSc1nnnn1-c1ccccc1C. The minimum atomic E-state index is -0.0751. The Labute approximate surface area is 133 Å². The van der Waals surface area contributed by atoms with Crippen LogP contribution in [0.5, 0.6) is 0 Å². The first-order chi connectivity index (χ1) is 10.6. The fraction of sp³-hybridized carbons (Fsp3) is 0.429. The first-order valence-corrected chi connectivity index (χ1v) is 7.86. The minimum Gasteiger partial charge on any atom is -0.383 e. The molecule has 1 aromatic carbocycles. The van der Waals surface area contributed by atoms with E-state index in [1.807, 2.05) is 38.1 Å². The molecule has 22 heavy (non-hydrogen) atoms. The molecular weight excluding hydrogens is 302 g/mol. The highest BCUT2D eigenvalue weighted by Gasteiger charge is 2.13. The number of nitrogens with zero attached hydrogens (tertiary/aromatic N) is 4. The molecule has 0 aliphatic heterocycles. The van der Waals surface area contributed by atoms with Crippen molar-refractivity contribution in [1.82, 2.24) is 25.5 Å². The number of aryl methyl sites for hydroxylation is 1. The predicted octanol–water partition coefficient (Wildman–Crippen LogP) is 1.21. The molecule has 0 aliphatic rings. The van der Waals surface area contributed by atoms with Crippen molar-refractivity contribution in [3.63, 3.8) is 0 Å². The number of hydrogen-bond donors (Lipinski definition) is 1. The number of hydrogen-bond acceptors (Lipinski definition) is 6. The standard InChI is InChI=1S/C14H19N5O2S/c1-10-6-4-5-7-12(10)19-14(16-17-18-19)22-9-13(20)15-11(2)8-21-3/h4-7,11H,8-9H2,1-3H3,(H,15,20). The van der Waals surface area contributed by atoms with E-state index in [0.717, 1.165) is 11.3 Å². The summed E-state index contributed by atoms with van der Waals surface area (Å²) in [5.74, 6) is 0.175. The number of carbonyl (C=O) groups is 1. The van der Waals surface area contributed by atoms with Crippen molar-refractivity contribution in [1.29, 1.82) is 0 Å². The van der Waals surface area contributed by atoms with Gasteiger partial charge in [-0.05, 0) is 35.9 Å². The molecule has 7 nitrogen and oxygen atoms in total. The normalized spacial score (nSPS) is 12.1. The van der Waals surface area contributed by atoms with Crippen molar-refractivity contribution < 1.29 is 9.53 Å². The molecule has 0 saturated heterocycles. The summed E-state index contributed by atoms with van der Waals surface area (Å²) < 4.78 is 6.63. The van der Waals surface area contributed by atoms with E-state index in [4.69, 9.17) is 4.74 Å². The van der Waals surface area contributed by atoms with Crippen molar-refractivity contribution in [3.8, 4) is 5.69 Å². The van der Waals surface area contributed by atoms with Crippen LogP contribution >= 0.6 is 11.8 Å². The van der Waals surface area contributed by atoms with Gasteiger partial charge in [0, 0.05) is 13.2 Å².